The van der Waals surface area contributed by atoms with E-state index in [9.17, 15) is 4.79 Å². The smallest absolute Gasteiger partial charge is 0.244 e. The van der Waals surface area contributed by atoms with Crippen molar-refractivity contribution >= 4 is 17.2 Å². The molecule has 1 heterocycles. The number of carbonyl (C=O) groups excluding carboxylic acids is 1. The summed E-state index contributed by atoms with van der Waals surface area (Å²) < 4.78 is 0. The molecule has 100 valence electrons. The van der Waals surface area contributed by atoms with E-state index in [-0.39, 0.29) is 5.91 Å². The van der Waals surface area contributed by atoms with Crippen LogP contribution in [0.3, 0.4) is 0 Å². The normalized spacial score (nSPS) is 13.8. The lowest BCUT2D eigenvalue weighted by Gasteiger charge is -2.24. The van der Waals surface area contributed by atoms with Crippen LogP contribution in [-0.2, 0) is 16.8 Å². The van der Waals surface area contributed by atoms with Gasteiger partial charge in [-0.2, -0.15) is 0 Å². The Kier molecular flexibility index (Phi) is 4.29. The highest BCUT2D eigenvalue weighted by Gasteiger charge is 2.29. The first kappa shape index (κ1) is 13.7. The van der Waals surface area contributed by atoms with Crippen molar-refractivity contribution in [1.82, 2.24) is 10.3 Å². The minimum absolute atomic E-state index is 0.171. The van der Waals surface area contributed by atoms with Crippen molar-refractivity contribution in [3.8, 4) is 0 Å². The van der Waals surface area contributed by atoms with Gasteiger partial charge in [0.1, 0.15) is 5.54 Å². The lowest BCUT2D eigenvalue weighted by atomic mass is 9.92. The summed E-state index contributed by atoms with van der Waals surface area (Å²) >= 11 is 1.58. The summed E-state index contributed by atoms with van der Waals surface area (Å²) in [4.78, 5) is 16.3. The van der Waals surface area contributed by atoms with Crippen LogP contribution < -0.4 is 11.1 Å². The summed E-state index contributed by atoms with van der Waals surface area (Å²) in [5.41, 5.74) is 5.91. The highest BCUT2D eigenvalue weighted by Crippen LogP contribution is 2.17. The number of aromatic nitrogens is 1. The van der Waals surface area contributed by atoms with Gasteiger partial charge in [0.25, 0.3) is 0 Å². The Bertz CT molecular complexity index is 523. The second kappa shape index (κ2) is 5.95. The molecule has 1 aromatic carbocycles. The fraction of sp³-hybridized carbons (Fsp3) is 0.286. The summed E-state index contributed by atoms with van der Waals surface area (Å²) in [7, 11) is 0. The summed E-state index contributed by atoms with van der Waals surface area (Å²) in [6, 6.07) is 9.38. The van der Waals surface area contributed by atoms with Crippen LogP contribution in [0.1, 0.15) is 17.5 Å². The summed E-state index contributed by atoms with van der Waals surface area (Å²) in [6.45, 7) is 2.27. The van der Waals surface area contributed by atoms with Gasteiger partial charge in [-0.1, -0.05) is 30.3 Å². The number of carbonyl (C=O) groups is 1. The largest absolute Gasteiger partial charge is 0.354 e. The molecular weight excluding hydrogens is 258 g/mol. The highest BCUT2D eigenvalue weighted by molar-refractivity contribution is 7.09. The molecule has 0 radical (unpaired) electrons. The molecular formula is C14H17N3OS. The van der Waals surface area contributed by atoms with E-state index in [1.807, 2.05) is 35.7 Å². The van der Waals surface area contributed by atoms with Crippen LogP contribution in [0.5, 0.6) is 0 Å². The number of nitrogens with two attached hydrogens (primary N) is 1. The number of amides is 1. The molecule has 1 aromatic heterocycles. The van der Waals surface area contributed by atoms with Crippen molar-refractivity contribution in [2.75, 3.05) is 6.54 Å². The van der Waals surface area contributed by atoms with Crippen molar-refractivity contribution < 1.29 is 4.79 Å². The first-order valence-electron chi connectivity index (χ1n) is 6.12. The number of hydrogen-bond acceptors (Lipinski definition) is 4. The Morgan fingerprint density at radius 3 is 2.79 bits per heavy atom. The van der Waals surface area contributed by atoms with E-state index in [1.54, 1.807) is 24.5 Å². The third-order valence-electron chi connectivity index (χ3n) is 2.95. The Labute approximate surface area is 116 Å². The average Bonchev–Trinajstić information content (AvgIpc) is 2.93. The number of hydrogen-bond donors (Lipinski definition) is 2. The second-order valence-electron chi connectivity index (χ2n) is 4.50. The van der Waals surface area contributed by atoms with Gasteiger partial charge in [0, 0.05) is 24.5 Å². The standard InChI is InChI=1S/C14H17N3OS/c1-14(15,11-5-3-2-4-6-11)13(18)17-8-7-12-16-9-10-19-12/h2-6,9-10H,7-8,15H2,1H3,(H,17,18). The molecule has 0 fully saturated rings. The zero-order valence-electron chi connectivity index (χ0n) is 10.8. The fourth-order valence-electron chi connectivity index (χ4n) is 1.76. The molecule has 1 amide bonds. The maximum absolute atomic E-state index is 12.1. The first-order valence-corrected chi connectivity index (χ1v) is 7.00. The van der Waals surface area contributed by atoms with Gasteiger partial charge in [0.2, 0.25) is 5.91 Å². The van der Waals surface area contributed by atoms with Gasteiger partial charge in [-0.05, 0) is 12.5 Å². The van der Waals surface area contributed by atoms with Gasteiger partial charge in [-0.25, -0.2) is 4.98 Å². The third kappa shape index (κ3) is 3.39. The van der Waals surface area contributed by atoms with E-state index in [0.717, 1.165) is 17.0 Å². The molecule has 2 aromatic rings. The lowest BCUT2D eigenvalue weighted by molar-refractivity contribution is -0.126. The van der Waals surface area contributed by atoms with Gasteiger partial charge in [0.05, 0.1) is 5.01 Å². The molecule has 0 aliphatic heterocycles. The minimum Gasteiger partial charge on any atom is -0.354 e. The van der Waals surface area contributed by atoms with Crippen molar-refractivity contribution in [2.24, 2.45) is 5.73 Å². The fourth-order valence-corrected chi connectivity index (χ4v) is 2.38. The van der Waals surface area contributed by atoms with Gasteiger partial charge in [-0.3, -0.25) is 4.79 Å². The van der Waals surface area contributed by atoms with Gasteiger partial charge >= 0.3 is 0 Å². The zero-order valence-corrected chi connectivity index (χ0v) is 11.6. The van der Waals surface area contributed by atoms with Crippen molar-refractivity contribution in [2.45, 2.75) is 18.9 Å². The third-order valence-corrected chi connectivity index (χ3v) is 3.79. The van der Waals surface area contributed by atoms with E-state index in [2.05, 4.69) is 10.3 Å². The minimum atomic E-state index is -1.01. The molecule has 2 rings (SSSR count). The van der Waals surface area contributed by atoms with Crippen LogP contribution in [0, 0.1) is 0 Å². The Morgan fingerprint density at radius 1 is 1.42 bits per heavy atom. The second-order valence-corrected chi connectivity index (χ2v) is 5.48. The summed E-state index contributed by atoms with van der Waals surface area (Å²) in [6.07, 6.45) is 2.49. The SMILES string of the molecule is CC(N)(C(=O)NCCc1nccs1)c1ccccc1. The number of benzene rings is 1. The molecule has 1 unspecified atom stereocenters. The van der Waals surface area contributed by atoms with Crippen molar-refractivity contribution in [3.05, 3.63) is 52.5 Å². The maximum atomic E-state index is 12.1. The molecule has 19 heavy (non-hydrogen) atoms. The average molecular weight is 275 g/mol. The van der Waals surface area contributed by atoms with E-state index >= 15 is 0 Å². The number of thiazole rings is 1. The van der Waals surface area contributed by atoms with Crippen molar-refractivity contribution in [3.63, 3.8) is 0 Å². The molecule has 0 saturated heterocycles. The Hall–Kier alpha value is -1.72. The quantitative estimate of drug-likeness (QED) is 0.872. The lowest BCUT2D eigenvalue weighted by Crippen LogP contribution is -2.49. The summed E-state index contributed by atoms with van der Waals surface area (Å²) in [5.74, 6) is -0.171. The van der Waals surface area contributed by atoms with Crippen molar-refractivity contribution in [1.29, 1.82) is 0 Å². The first-order chi connectivity index (χ1) is 9.10. The zero-order chi connectivity index (χ0) is 13.7. The van der Waals surface area contributed by atoms with Crippen LogP contribution >= 0.6 is 11.3 Å². The van der Waals surface area contributed by atoms with Gasteiger partial charge in [-0.15, -0.1) is 11.3 Å². The van der Waals surface area contributed by atoms with E-state index in [4.69, 9.17) is 5.73 Å². The number of nitrogens with zero attached hydrogens (tertiary/aromatic N) is 1. The van der Waals surface area contributed by atoms with Crippen LogP contribution in [0.4, 0.5) is 0 Å². The number of nitrogens with one attached hydrogen (secondary N) is 1. The van der Waals surface area contributed by atoms with E-state index in [1.165, 1.54) is 0 Å². The molecule has 0 aliphatic rings. The van der Waals surface area contributed by atoms with Crippen LogP contribution in [0.2, 0.25) is 0 Å². The predicted octanol–water partition coefficient (Wildman–Crippen LogP) is 1.68. The Morgan fingerprint density at radius 2 is 2.16 bits per heavy atom. The highest BCUT2D eigenvalue weighted by atomic mass is 32.1. The van der Waals surface area contributed by atoms with Gasteiger partial charge in [0.15, 0.2) is 0 Å². The predicted molar refractivity (Wildman–Crippen MR) is 76.8 cm³/mol. The molecule has 5 heteroatoms. The van der Waals surface area contributed by atoms with Gasteiger partial charge < -0.3 is 11.1 Å². The van der Waals surface area contributed by atoms with E-state index in [0.29, 0.717) is 6.54 Å². The maximum Gasteiger partial charge on any atom is 0.244 e. The molecule has 1 atom stereocenters. The summed E-state index contributed by atoms with van der Waals surface area (Å²) in [5, 5.41) is 5.80. The van der Waals surface area contributed by atoms with E-state index < -0.39 is 5.54 Å². The molecule has 0 bridgehead atoms. The monoisotopic (exact) mass is 275 g/mol. The van der Waals surface area contributed by atoms with Crippen LogP contribution in [0.15, 0.2) is 41.9 Å². The molecule has 0 spiro atoms. The van der Waals surface area contributed by atoms with Crippen LogP contribution in [-0.4, -0.2) is 17.4 Å². The van der Waals surface area contributed by atoms with Crippen LogP contribution in [0.25, 0.3) is 0 Å². The topological polar surface area (TPSA) is 68.0 Å². The molecule has 0 aliphatic carbocycles. The molecule has 0 saturated carbocycles. The molecule has 4 nitrogen and oxygen atoms in total. The molecule has 3 N–H and O–H groups in total. The number of rotatable bonds is 5. The Balaban J connectivity index is 1.92.